The molecule has 0 saturated heterocycles. The van der Waals surface area contributed by atoms with Crippen LogP contribution in [0.3, 0.4) is 0 Å². The molecule has 1 aromatic heterocycles. The van der Waals surface area contributed by atoms with Crippen molar-refractivity contribution < 1.29 is 13.9 Å². The van der Waals surface area contributed by atoms with Crippen molar-refractivity contribution in [1.82, 2.24) is 15.6 Å². The van der Waals surface area contributed by atoms with Crippen molar-refractivity contribution in [3.8, 4) is 23.0 Å². The molecule has 0 radical (unpaired) electrons. The molecular weight excluding hydrogens is 368 g/mol. The largest absolute Gasteiger partial charge is 0.454 e. The van der Waals surface area contributed by atoms with Crippen molar-refractivity contribution in [2.75, 3.05) is 19.9 Å². The lowest BCUT2D eigenvalue weighted by atomic mass is 10.1. The molecule has 0 atom stereocenters. The van der Waals surface area contributed by atoms with Crippen LogP contribution < -0.4 is 20.1 Å². The Morgan fingerprint density at radius 1 is 1.07 bits per heavy atom. The van der Waals surface area contributed by atoms with Gasteiger partial charge in [-0.1, -0.05) is 24.3 Å². The third kappa shape index (κ3) is 4.87. The number of fused-ring (bicyclic) bond motifs is 1. The number of hydrogen-bond acceptors (Lipinski definition) is 5. The van der Waals surface area contributed by atoms with E-state index in [1.807, 2.05) is 49.4 Å². The fourth-order valence-electron chi connectivity index (χ4n) is 3.02. The average molecular weight is 392 g/mol. The Balaban J connectivity index is 1.32. The first kappa shape index (κ1) is 18.9. The standard InChI is InChI=1S/C22H24N4O3/c1-2-23-22(24-11-10-16-8-9-19-20(12-16)29-15-28-19)25-13-18-14-27-21(26-18)17-6-4-3-5-7-17/h3-9,12,14H,2,10-11,13,15H2,1H3,(H2,23,24,25). The number of aliphatic imine (C=N–C) groups is 1. The van der Waals surface area contributed by atoms with E-state index < -0.39 is 0 Å². The normalized spacial score (nSPS) is 12.8. The summed E-state index contributed by atoms with van der Waals surface area (Å²) in [6.45, 7) is 4.31. The third-order valence-corrected chi connectivity index (χ3v) is 4.46. The fourth-order valence-corrected chi connectivity index (χ4v) is 3.02. The van der Waals surface area contributed by atoms with Gasteiger partial charge in [-0.3, -0.25) is 0 Å². The van der Waals surface area contributed by atoms with E-state index in [2.05, 4.69) is 26.7 Å². The fraction of sp³-hybridized carbons (Fsp3) is 0.273. The summed E-state index contributed by atoms with van der Waals surface area (Å²) in [4.78, 5) is 9.13. The minimum Gasteiger partial charge on any atom is -0.454 e. The van der Waals surface area contributed by atoms with E-state index in [0.29, 0.717) is 19.2 Å². The Kier molecular flexibility index (Phi) is 5.95. The van der Waals surface area contributed by atoms with Gasteiger partial charge in [0.25, 0.3) is 0 Å². The van der Waals surface area contributed by atoms with Crippen molar-refractivity contribution in [2.45, 2.75) is 19.9 Å². The SMILES string of the molecule is CCNC(=NCc1coc(-c2ccccc2)n1)NCCc1ccc2c(c1)OCO2. The first-order valence-electron chi connectivity index (χ1n) is 9.72. The minimum absolute atomic E-state index is 0.294. The Morgan fingerprint density at radius 3 is 2.79 bits per heavy atom. The van der Waals surface area contributed by atoms with Crippen LogP contribution >= 0.6 is 0 Å². The van der Waals surface area contributed by atoms with E-state index in [4.69, 9.17) is 13.9 Å². The summed E-state index contributed by atoms with van der Waals surface area (Å²) < 4.78 is 16.4. The van der Waals surface area contributed by atoms with E-state index in [0.717, 1.165) is 48.2 Å². The Hall–Kier alpha value is -3.48. The summed E-state index contributed by atoms with van der Waals surface area (Å²) in [5, 5.41) is 6.61. The molecule has 2 aromatic carbocycles. The average Bonchev–Trinajstić information content (AvgIpc) is 3.42. The van der Waals surface area contributed by atoms with Gasteiger partial charge in [0.1, 0.15) is 12.0 Å². The van der Waals surface area contributed by atoms with Crippen molar-refractivity contribution >= 4 is 5.96 Å². The molecule has 0 fully saturated rings. The topological polar surface area (TPSA) is 80.9 Å². The highest BCUT2D eigenvalue weighted by Crippen LogP contribution is 2.32. The van der Waals surface area contributed by atoms with Crippen LogP contribution in [0, 0.1) is 0 Å². The van der Waals surface area contributed by atoms with Gasteiger partial charge in [-0.05, 0) is 43.2 Å². The molecule has 0 amide bonds. The number of oxazole rings is 1. The van der Waals surface area contributed by atoms with Crippen LogP contribution in [-0.4, -0.2) is 30.8 Å². The third-order valence-electron chi connectivity index (χ3n) is 4.46. The Labute approximate surface area is 169 Å². The number of guanidine groups is 1. The zero-order chi connectivity index (χ0) is 19.9. The van der Waals surface area contributed by atoms with Gasteiger partial charge in [0.2, 0.25) is 12.7 Å². The summed E-state index contributed by atoms with van der Waals surface area (Å²) in [5.41, 5.74) is 2.93. The first-order chi connectivity index (χ1) is 14.3. The van der Waals surface area contributed by atoms with Crippen molar-refractivity contribution in [2.24, 2.45) is 4.99 Å². The number of nitrogens with one attached hydrogen (secondary N) is 2. The van der Waals surface area contributed by atoms with Crippen LogP contribution in [0.4, 0.5) is 0 Å². The molecule has 29 heavy (non-hydrogen) atoms. The quantitative estimate of drug-likeness (QED) is 0.474. The lowest BCUT2D eigenvalue weighted by Crippen LogP contribution is -2.38. The Bertz CT molecular complexity index is 969. The Morgan fingerprint density at radius 2 is 1.93 bits per heavy atom. The number of aromatic nitrogens is 1. The maximum absolute atomic E-state index is 5.58. The van der Waals surface area contributed by atoms with Gasteiger partial charge in [0.15, 0.2) is 17.5 Å². The lowest BCUT2D eigenvalue weighted by Gasteiger charge is -2.11. The smallest absolute Gasteiger partial charge is 0.231 e. The van der Waals surface area contributed by atoms with Crippen LogP contribution in [0.15, 0.2) is 64.2 Å². The van der Waals surface area contributed by atoms with Crippen molar-refractivity contribution in [3.63, 3.8) is 0 Å². The first-order valence-corrected chi connectivity index (χ1v) is 9.72. The van der Waals surface area contributed by atoms with E-state index in [9.17, 15) is 0 Å². The molecule has 0 aliphatic carbocycles. The molecule has 7 nitrogen and oxygen atoms in total. The van der Waals surface area contributed by atoms with Crippen molar-refractivity contribution in [1.29, 1.82) is 0 Å². The second-order valence-corrected chi connectivity index (χ2v) is 6.57. The van der Waals surface area contributed by atoms with Gasteiger partial charge >= 0.3 is 0 Å². The second kappa shape index (κ2) is 9.14. The number of hydrogen-bond donors (Lipinski definition) is 2. The van der Waals surface area contributed by atoms with Gasteiger partial charge in [0, 0.05) is 18.7 Å². The molecule has 150 valence electrons. The van der Waals surface area contributed by atoms with Crippen LogP contribution in [0.25, 0.3) is 11.5 Å². The van der Waals surface area contributed by atoms with Gasteiger partial charge < -0.3 is 24.5 Å². The highest BCUT2D eigenvalue weighted by atomic mass is 16.7. The lowest BCUT2D eigenvalue weighted by molar-refractivity contribution is 0.174. The highest BCUT2D eigenvalue weighted by Gasteiger charge is 2.13. The van der Waals surface area contributed by atoms with Crippen LogP contribution in [0.2, 0.25) is 0 Å². The predicted molar refractivity (Wildman–Crippen MR) is 111 cm³/mol. The molecule has 0 spiro atoms. The summed E-state index contributed by atoms with van der Waals surface area (Å²) in [6, 6.07) is 15.9. The molecule has 3 aromatic rings. The second-order valence-electron chi connectivity index (χ2n) is 6.57. The van der Waals surface area contributed by atoms with E-state index in [1.165, 1.54) is 5.56 Å². The molecule has 0 bridgehead atoms. The molecule has 1 aliphatic heterocycles. The summed E-state index contributed by atoms with van der Waals surface area (Å²) >= 11 is 0. The maximum Gasteiger partial charge on any atom is 0.231 e. The molecule has 7 heteroatoms. The summed E-state index contributed by atoms with van der Waals surface area (Å²) in [5.74, 6) is 2.97. The maximum atomic E-state index is 5.58. The van der Waals surface area contributed by atoms with Crippen LogP contribution in [-0.2, 0) is 13.0 Å². The van der Waals surface area contributed by atoms with Gasteiger partial charge in [-0.15, -0.1) is 0 Å². The monoisotopic (exact) mass is 392 g/mol. The minimum atomic E-state index is 0.294. The van der Waals surface area contributed by atoms with Crippen LogP contribution in [0.1, 0.15) is 18.2 Å². The number of nitrogens with zero attached hydrogens (tertiary/aromatic N) is 2. The van der Waals surface area contributed by atoms with E-state index >= 15 is 0 Å². The van der Waals surface area contributed by atoms with Crippen LogP contribution in [0.5, 0.6) is 11.5 Å². The van der Waals surface area contributed by atoms with Gasteiger partial charge in [0.05, 0.1) is 6.54 Å². The number of ether oxygens (including phenoxy) is 2. The molecular formula is C22H24N4O3. The summed E-state index contributed by atoms with van der Waals surface area (Å²) in [6.07, 6.45) is 2.51. The molecule has 1 aliphatic rings. The van der Waals surface area contributed by atoms with Gasteiger partial charge in [-0.2, -0.15) is 0 Å². The molecule has 0 unspecified atom stereocenters. The van der Waals surface area contributed by atoms with Gasteiger partial charge in [-0.25, -0.2) is 9.98 Å². The molecule has 2 heterocycles. The molecule has 4 rings (SSSR count). The van der Waals surface area contributed by atoms with E-state index in [1.54, 1.807) is 6.26 Å². The molecule has 0 saturated carbocycles. The van der Waals surface area contributed by atoms with Crippen molar-refractivity contribution in [3.05, 3.63) is 66.1 Å². The highest BCUT2D eigenvalue weighted by molar-refractivity contribution is 5.79. The zero-order valence-corrected chi connectivity index (χ0v) is 16.4. The molecule has 2 N–H and O–H groups in total. The summed E-state index contributed by atoms with van der Waals surface area (Å²) in [7, 11) is 0. The number of rotatable bonds is 7. The van der Waals surface area contributed by atoms with E-state index in [-0.39, 0.29) is 0 Å². The number of benzene rings is 2. The zero-order valence-electron chi connectivity index (χ0n) is 16.4. The predicted octanol–water partition coefficient (Wildman–Crippen LogP) is 3.37.